The standard InChI is InChI=1S/C14H28N2O2/c1-10(6-5-7-11(2)15)14(17)16-8-12(3)18-13(4)9-16/h10-13H,5-9,15H2,1-4H3/t10?,11?,12-,13+. The number of ether oxygens (including phenoxy) is 1. The van der Waals surface area contributed by atoms with Crippen LogP contribution in [-0.4, -0.2) is 42.1 Å². The Labute approximate surface area is 111 Å². The lowest BCUT2D eigenvalue weighted by atomic mass is 10.00. The highest BCUT2D eigenvalue weighted by Gasteiger charge is 2.28. The van der Waals surface area contributed by atoms with E-state index in [-0.39, 0.29) is 30.1 Å². The summed E-state index contributed by atoms with van der Waals surface area (Å²) in [6, 6.07) is 0.232. The lowest BCUT2D eigenvalue weighted by Gasteiger charge is -2.36. The molecule has 18 heavy (non-hydrogen) atoms. The molecule has 0 aliphatic carbocycles. The molecule has 2 N–H and O–H groups in total. The van der Waals surface area contributed by atoms with Crippen molar-refractivity contribution >= 4 is 5.91 Å². The third kappa shape index (κ3) is 4.94. The zero-order chi connectivity index (χ0) is 13.7. The van der Waals surface area contributed by atoms with Crippen LogP contribution in [0.15, 0.2) is 0 Å². The Hall–Kier alpha value is -0.610. The van der Waals surface area contributed by atoms with Crippen molar-refractivity contribution in [3.63, 3.8) is 0 Å². The van der Waals surface area contributed by atoms with E-state index in [9.17, 15) is 4.79 Å². The molecule has 2 unspecified atom stereocenters. The molecule has 0 aromatic heterocycles. The maximum absolute atomic E-state index is 12.3. The van der Waals surface area contributed by atoms with Gasteiger partial charge < -0.3 is 15.4 Å². The van der Waals surface area contributed by atoms with Crippen LogP contribution < -0.4 is 5.73 Å². The van der Waals surface area contributed by atoms with Crippen LogP contribution in [0.25, 0.3) is 0 Å². The average molecular weight is 256 g/mol. The molecule has 106 valence electrons. The maximum atomic E-state index is 12.3. The second-order valence-corrected chi connectivity index (χ2v) is 5.81. The second-order valence-electron chi connectivity index (χ2n) is 5.81. The molecule has 4 heteroatoms. The van der Waals surface area contributed by atoms with E-state index in [2.05, 4.69) is 0 Å². The van der Waals surface area contributed by atoms with Crippen LogP contribution in [0.5, 0.6) is 0 Å². The Bertz CT molecular complexity index is 259. The summed E-state index contributed by atoms with van der Waals surface area (Å²) in [6.45, 7) is 9.53. The minimum absolute atomic E-state index is 0.0984. The van der Waals surface area contributed by atoms with Gasteiger partial charge in [-0.2, -0.15) is 0 Å². The van der Waals surface area contributed by atoms with Crippen molar-refractivity contribution < 1.29 is 9.53 Å². The Morgan fingerprint density at radius 3 is 2.33 bits per heavy atom. The minimum Gasteiger partial charge on any atom is -0.372 e. The topological polar surface area (TPSA) is 55.6 Å². The summed E-state index contributed by atoms with van der Waals surface area (Å²) in [4.78, 5) is 14.3. The SMILES string of the molecule is CC(N)CCCC(C)C(=O)N1C[C@@H](C)O[C@@H](C)C1. The number of rotatable bonds is 5. The van der Waals surface area contributed by atoms with Gasteiger partial charge in [-0.1, -0.05) is 13.3 Å². The predicted molar refractivity (Wildman–Crippen MR) is 73.3 cm³/mol. The summed E-state index contributed by atoms with van der Waals surface area (Å²) in [6.07, 6.45) is 3.25. The van der Waals surface area contributed by atoms with Crippen molar-refractivity contribution in [1.29, 1.82) is 0 Å². The second kappa shape index (κ2) is 7.10. The lowest BCUT2D eigenvalue weighted by Crippen LogP contribution is -2.49. The molecule has 1 amide bonds. The van der Waals surface area contributed by atoms with Gasteiger partial charge in [0.2, 0.25) is 5.91 Å². The van der Waals surface area contributed by atoms with Gasteiger partial charge in [-0.15, -0.1) is 0 Å². The molecule has 0 bridgehead atoms. The first-order valence-electron chi connectivity index (χ1n) is 7.10. The third-order valence-electron chi connectivity index (χ3n) is 3.45. The van der Waals surface area contributed by atoms with Gasteiger partial charge in [0, 0.05) is 25.0 Å². The van der Waals surface area contributed by atoms with Crippen molar-refractivity contribution in [2.75, 3.05) is 13.1 Å². The normalized spacial score (nSPS) is 27.9. The van der Waals surface area contributed by atoms with E-state index in [0.29, 0.717) is 0 Å². The number of nitrogens with zero attached hydrogens (tertiary/aromatic N) is 1. The van der Waals surface area contributed by atoms with Crippen molar-refractivity contribution in [2.24, 2.45) is 11.7 Å². The number of morpholine rings is 1. The Morgan fingerprint density at radius 1 is 1.28 bits per heavy atom. The zero-order valence-corrected chi connectivity index (χ0v) is 12.2. The summed E-state index contributed by atoms with van der Waals surface area (Å²) >= 11 is 0. The van der Waals surface area contributed by atoms with Crippen LogP contribution in [0.3, 0.4) is 0 Å². The maximum Gasteiger partial charge on any atom is 0.225 e. The Balaban J connectivity index is 2.38. The molecular formula is C14H28N2O2. The van der Waals surface area contributed by atoms with E-state index < -0.39 is 0 Å². The summed E-state index contributed by atoms with van der Waals surface area (Å²) < 4.78 is 5.65. The molecule has 1 rings (SSSR count). The summed E-state index contributed by atoms with van der Waals surface area (Å²) in [5.41, 5.74) is 5.72. The van der Waals surface area contributed by atoms with E-state index in [1.54, 1.807) is 0 Å². The predicted octanol–water partition coefficient (Wildman–Crippen LogP) is 1.78. The minimum atomic E-state index is 0.0984. The van der Waals surface area contributed by atoms with Gasteiger partial charge in [0.15, 0.2) is 0 Å². The zero-order valence-electron chi connectivity index (χ0n) is 12.2. The van der Waals surface area contributed by atoms with E-state index in [4.69, 9.17) is 10.5 Å². The van der Waals surface area contributed by atoms with Crippen molar-refractivity contribution in [1.82, 2.24) is 4.90 Å². The lowest BCUT2D eigenvalue weighted by molar-refractivity contribution is -0.147. The average Bonchev–Trinajstić information content (AvgIpc) is 2.26. The van der Waals surface area contributed by atoms with E-state index >= 15 is 0 Å². The van der Waals surface area contributed by atoms with Gasteiger partial charge in [-0.3, -0.25) is 4.79 Å². The van der Waals surface area contributed by atoms with Gasteiger partial charge in [0.25, 0.3) is 0 Å². The highest BCUT2D eigenvalue weighted by atomic mass is 16.5. The summed E-state index contributed by atoms with van der Waals surface area (Å²) in [7, 11) is 0. The number of hydrogen-bond acceptors (Lipinski definition) is 3. The fourth-order valence-electron chi connectivity index (χ4n) is 2.54. The van der Waals surface area contributed by atoms with Crippen molar-refractivity contribution in [2.45, 2.75) is 65.2 Å². The molecule has 0 spiro atoms. The number of nitrogens with two attached hydrogens (primary N) is 1. The first-order valence-corrected chi connectivity index (χ1v) is 7.10. The van der Waals surface area contributed by atoms with Crippen LogP contribution in [-0.2, 0) is 9.53 Å². The van der Waals surface area contributed by atoms with E-state index in [1.807, 2.05) is 32.6 Å². The fourth-order valence-corrected chi connectivity index (χ4v) is 2.54. The molecule has 0 aromatic carbocycles. The molecule has 1 fully saturated rings. The van der Waals surface area contributed by atoms with Gasteiger partial charge in [-0.05, 0) is 33.6 Å². The quantitative estimate of drug-likeness (QED) is 0.815. The number of amides is 1. The molecule has 0 radical (unpaired) electrons. The molecule has 4 nitrogen and oxygen atoms in total. The third-order valence-corrected chi connectivity index (χ3v) is 3.45. The molecule has 0 aromatic rings. The number of carbonyl (C=O) groups excluding carboxylic acids is 1. The van der Waals surface area contributed by atoms with Gasteiger partial charge >= 0.3 is 0 Å². The molecule has 1 aliphatic rings. The van der Waals surface area contributed by atoms with Crippen molar-refractivity contribution in [3.05, 3.63) is 0 Å². The summed E-state index contributed by atoms with van der Waals surface area (Å²) in [5, 5.41) is 0. The largest absolute Gasteiger partial charge is 0.372 e. The molecular weight excluding hydrogens is 228 g/mol. The van der Waals surface area contributed by atoms with Crippen LogP contribution in [0.4, 0.5) is 0 Å². The number of hydrogen-bond donors (Lipinski definition) is 1. The van der Waals surface area contributed by atoms with Gasteiger partial charge in [0.05, 0.1) is 12.2 Å². The molecule has 1 saturated heterocycles. The number of carbonyl (C=O) groups is 1. The van der Waals surface area contributed by atoms with E-state index in [0.717, 1.165) is 32.4 Å². The summed E-state index contributed by atoms with van der Waals surface area (Å²) in [5.74, 6) is 0.364. The molecule has 1 aliphatic heterocycles. The van der Waals surface area contributed by atoms with E-state index in [1.165, 1.54) is 0 Å². The van der Waals surface area contributed by atoms with Crippen LogP contribution in [0, 0.1) is 5.92 Å². The van der Waals surface area contributed by atoms with Crippen molar-refractivity contribution in [3.8, 4) is 0 Å². The van der Waals surface area contributed by atoms with Crippen LogP contribution >= 0.6 is 0 Å². The van der Waals surface area contributed by atoms with Gasteiger partial charge in [0.1, 0.15) is 0 Å². The monoisotopic (exact) mass is 256 g/mol. The Kier molecular flexibility index (Phi) is 6.09. The molecule has 0 saturated carbocycles. The Morgan fingerprint density at radius 2 is 1.83 bits per heavy atom. The molecule has 1 heterocycles. The smallest absolute Gasteiger partial charge is 0.225 e. The first-order chi connectivity index (χ1) is 8.40. The first kappa shape index (κ1) is 15.4. The van der Waals surface area contributed by atoms with Crippen LogP contribution in [0.2, 0.25) is 0 Å². The molecule has 4 atom stereocenters. The van der Waals surface area contributed by atoms with Crippen LogP contribution in [0.1, 0.15) is 47.0 Å². The fraction of sp³-hybridized carbons (Fsp3) is 0.929. The van der Waals surface area contributed by atoms with Gasteiger partial charge in [-0.25, -0.2) is 0 Å². The highest BCUT2D eigenvalue weighted by Crippen LogP contribution is 2.17. The highest BCUT2D eigenvalue weighted by molar-refractivity contribution is 5.78.